The summed E-state index contributed by atoms with van der Waals surface area (Å²) in [4.78, 5) is 25.3. The van der Waals surface area contributed by atoms with E-state index in [9.17, 15) is 9.59 Å². The summed E-state index contributed by atoms with van der Waals surface area (Å²) in [5.41, 5.74) is 0.855. The number of nitrogens with one attached hydrogen (secondary N) is 1. The fourth-order valence-electron chi connectivity index (χ4n) is 3.37. The number of hydrogen-bond acceptors (Lipinski definition) is 6. The lowest BCUT2D eigenvalue weighted by Gasteiger charge is -2.25. The molecule has 0 saturated heterocycles. The number of para-hydroxylation sites is 1. The number of benzene rings is 1. The van der Waals surface area contributed by atoms with Crippen LogP contribution in [-0.4, -0.2) is 34.5 Å². The third-order valence-corrected chi connectivity index (χ3v) is 5.09. The maximum absolute atomic E-state index is 12.8. The highest BCUT2D eigenvalue weighted by Crippen LogP contribution is 2.33. The van der Waals surface area contributed by atoms with Gasteiger partial charge < -0.3 is 29.2 Å². The van der Waals surface area contributed by atoms with E-state index in [1.165, 1.54) is 0 Å². The van der Waals surface area contributed by atoms with Crippen LogP contribution < -0.4 is 10.1 Å². The number of amides is 1. The van der Waals surface area contributed by atoms with Crippen molar-refractivity contribution in [2.24, 2.45) is 0 Å². The monoisotopic (exact) mass is 442 g/mol. The van der Waals surface area contributed by atoms with Crippen molar-refractivity contribution in [3.63, 3.8) is 0 Å². The van der Waals surface area contributed by atoms with Crippen LogP contribution in [0.1, 0.15) is 57.1 Å². The summed E-state index contributed by atoms with van der Waals surface area (Å²) >= 11 is 0. The molecular formula is C24H30N2O6. The third kappa shape index (κ3) is 6.29. The molecular weight excluding hydrogens is 412 g/mol. The van der Waals surface area contributed by atoms with Gasteiger partial charge in [-0.15, -0.1) is 0 Å². The fourth-order valence-corrected chi connectivity index (χ4v) is 3.37. The van der Waals surface area contributed by atoms with E-state index in [2.05, 4.69) is 5.32 Å². The number of nitrogens with zero attached hydrogens (tertiary/aromatic N) is 1. The van der Waals surface area contributed by atoms with Gasteiger partial charge in [0.2, 0.25) is 12.0 Å². The zero-order chi connectivity index (χ0) is 22.9. The maximum Gasteiger partial charge on any atom is 0.303 e. The molecule has 0 aliphatic carbocycles. The Balaban J connectivity index is 1.52. The zero-order valence-corrected chi connectivity index (χ0v) is 18.5. The molecule has 1 unspecified atom stereocenters. The molecule has 0 fully saturated rings. The van der Waals surface area contributed by atoms with E-state index >= 15 is 0 Å². The van der Waals surface area contributed by atoms with Gasteiger partial charge in [0.05, 0.1) is 19.1 Å². The van der Waals surface area contributed by atoms with Crippen LogP contribution in [-0.2, 0) is 20.9 Å². The van der Waals surface area contributed by atoms with Crippen LogP contribution in [0.15, 0.2) is 59.0 Å². The van der Waals surface area contributed by atoms with Crippen molar-refractivity contribution in [2.45, 2.75) is 58.3 Å². The number of unbranched alkanes of at least 4 members (excludes halogenated alkanes) is 2. The number of carboxylic acids is 1. The predicted molar refractivity (Wildman–Crippen MR) is 117 cm³/mol. The number of carbonyl (C=O) groups is 2. The molecule has 2 heterocycles. The molecule has 1 amide bonds. The largest absolute Gasteiger partial charge is 0.493 e. The highest BCUT2D eigenvalue weighted by molar-refractivity contribution is 5.91. The van der Waals surface area contributed by atoms with Crippen LogP contribution in [0.4, 0.5) is 0 Å². The van der Waals surface area contributed by atoms with Gasteiger partial charge >= 0.3 is 5.97 Å². The van der Waals surface area contributed by atoms with E-state index in [4.69, 9.17) is 19.0 Å². The molecule has 1 aromatic carbocycles. The molecule has 1 aliphatic rings. The number of ether oxygens (including phenoxy) is 2. The highest BCUT2D eigenvalue weighted by Gasteiger charge is 2.34. The summed E-state index contributed by atoms with van der Waals surface area (Å²) in [6.45, 7) is 4.83. The molecule has 0 radical (unpaired) electrons. The number of hydrogen-bond donors (Lipinski definition) is 2. The van der Waals surface area contributed by atoms with Crippen LogP contribution >= 0.6 is 0 Å². The Morgan fingerprint density at radius 1 is 1.16 bits per heavy atom. The van der Waals surface area contributed by atoms with Gasteiger partial charge in [-0.05, 0) is 51.3 Å². The van der Waals surface area contributed by atoms with Crippen molar-refractivity contribution in [1.82, 2.24) is 10.2 Å². The topological polar surface area (TPSA) is 101 Å². The summed E-state index contributed by atoms with van der Waals surface area (Å²) in [7, 11) is 0. The summed E-state index contributed by atoms with van der Waals surface area (Å²) in [5.74, 6) is 0.481. The molecule has 32 heavy (non-hydrogen) atoms. The molecule has 8 heteroatoms. The van der Waals surface area contributed by atoms with Crippen molar-refractivity contribution in [2.75, 3.05) is 6.61 Å². The normalized spacial score (nSPS) is 15.4. The van der Waals surface area contributed by atoms with Crippen molar-refractivity contribution < 1.29 is 28.6 Å². The SMILES string of the molecule is CC(C)N1C=C(C(=O)NCc2ccccc2OCCCCCC(=O)O)OC1c1ccco1. The first-order valence-electron chi connectivity index (χ1n) is 10.9. The molecule has 0 bridgehead atoms. The second kappa shape index (κ2) is 11.3. The fraction of sp³-hybridized carbons (Fsp3) is 0.417. The highest BCUT2D eigenvalue weighted by atomic mass is 16.5. The van der Waals surface area contributed by atoms with Crippen LogP contribution in [0.25, 0.3) is 0 Å². The molecule has 1 atom stereocenters. The van der Waals surface area contributed by atoms with Crippen molar-refractivity contribution >= 4 is 11.9 Å². The minimum atomic E-state index is -0.777. The quantitative estimate of drug-likeness (QED) is 0.475. The zero-order valence-electron chi connectivity index (χ0n) is 18.5. The Kier molecular flexibility index (Phi) is 8.19. The van der Waals surface area contributed by atoms with E-state index in [0.717, 1.165) is 18.4 Å². The number of carbonyl (C=O) groups excluding carboxylic acids is 1. The van der Waals surface area contributed by atoms with Gasteiger partial charge in [0, 0.05) is 24.6 Å². The summed E-state index contributed by atoms with van der Waals surface area (Å²) in [5, 5.41) is 11.6. The van der Waals surface area contributed by atoms with Gasteiger partial charge in [-0.1, -0.05) is 18.2 Å². The molecule has 8 nitrogen and oxygen atoms in total. The molecule has 0 spiro atoms. The van der Waals surface area contributed by atoms with Crippen LogP contribution in [0, 0.1) is 0 Å². The molecule has 1 aromatic heterocycles. The van der Waals surface area contributed by atoms with Gasteiger partial charge in [0.15, 0.2) is 5.76 Å². The molecule has 2 N–H and O–H groups in total. The standard InChI is InChI=1S/C24H30N2O6/c1-17(2)26-16-21(32-24(26)20-11-8-14-31-20)23(29)25-15-18-9-5-6-10-19(18)30-13-7-3-4-12-22(27)28/h5-6,8-11,14,16-17,24H,3-4,7,12-13,15H2,1-2H3,(H,25,29)(H,27,28). The Hall–Kier alpha value is -3.42. The summed E-state index contributed by atoms with van der Waals surface area (Å²) in [6, 6.07) is 11.3. The van der Waals surface area contributed by atoms with E-state index in [1.807, 2.05) is 49.1 Å². The van der Waals surface area contributed by atoms with Gasteiger partial charge in [-0.25, -0.2) is 0 Å². The van der Waals surface area contributed by atoms with Crippen molar-refractivity contribution in [3.05, 3.63) is 65.9 Å². The average molecular weight is 443 g/mol. The number of carboxylic acid groups (broad SMARTS) is 1. The van der Waals surface area contributed by atoms with Gasteiger partial charge in [-0.2, -0.15) is 0 Å². The van der Waals surface area contributed by atoms with E-state index in [1.54, 1.807) is 18.5 Å². The lowest BCUT2D eigenvalue weighted by Crippen LogP contribution is -2.27. The first-order valence-corrected chi connectivity index (χ1v) is 10.9. The third-order valence-electron chi connectivity index (χ3n) is 5.09. The predicted octanol–water partition coefficient (Wildman–Crippen LogP) is 4.20. The van der Waals surface area contributed by atoms with Gasteiger partial charge in [0.1, 0.15) is 5.75 Å². The summed E-state index contributed by atoms with van der Waals surface area (Å²) < 4.78 is 17.2. The minimum Gasteiger partial charge on any atom is -0.493 e. The number of furan rings is 1. The minimum absolute atomic E-state index is 0.125. The second-order valence-electron chi connectivity index (χ2n) is 7.86. The second-order valence-corrected chi connectivity index (χ2v) is 7.86. The first-order chi connectivity index (χ1) is 15.5. The van der Waals surface area contributed by atoms with E-state index in [0.29, 0.717) is 31.1 Å². The van der Waals surface area contributed by atoms with Crippen LogP contribution in [0.3, 0.4) is 0 Å². The first kappa shape index (κ1) is 23.2. The van der Waals surface area contributed by atoms with E-state index < -0.39 is 12.2 Å². The molecule has 2 aromatic rings. The molecule has 0 saturated carbocycles. The number of aliphatic carboxylic acids is 1. The summed E-state index contributed by atoms with van der Waals surface area (Å²) in [6.07, 6.45) is 5.20. The molecule has 172 valence electrons. The van der Waals surface area contributed by atoms with Crippen molar-refractivity contribution in [3.8, 4) is 5.75 Å². The average Bonchev–Trinajstić information content (AvgIpc) is 3.45. The molecule has 3 rings (SSSR count). The lowest BCUT2D eigenvalue weighted by molar-refractivity contribution is -0.137. The Morgan fingerprint density at radius 2 is 1.97 bits per heavy atom. The van der Waals surface area contributed by atoms with Gasteiger partial charge in [-0.3, -0.25) is 9.59 Å². The lowest BCUT2D eigenvalue weighted by atomic mass is 10.2. The van der Waals surface area contributed by atoms with Crippen LogP contribution in [0.2, 0.25) is 0 Å². The Labute approximate surface area is 187 Å². The Morgan fingerprint density at radius 3 is 2.69 bits per heavy atom. The Bertz CT molecular complexity index is 922. The van der Waals surface area contributed by atoms with Crippen molar-refractivity contribution in [1.29, 1.82) is 0 Å². The smallest absolute Gasteiger partial charge is 0.303 e. The number of rotatable bonds is 12. The van der Waals surface area contributed by atoms with Gasteiger partial charge in [0.25, 0.3) is 5.91 Å². The molecule has 1 aliphatic heterocycles. The van der Waals surface area contributed by atoms with E-state index in [-0.39, 0.29) is 24.1 Å². The van der Waals surface area contributed by atoms with Crippen LogP contribution in [0.5, 0.6) is 5.75 Å². The maximum atomic E-state index is 12.8.